The van der Waals surface area contributed by atoms with E-state index >= 15 is 0 Å². The maximum atomic E-state index is 13.6. The summed E-state index contributed by atoms with van der Waals surface area (Å²) in [7, 11) is 0. The molecule has 0 amide bonds. The second-order valence-electron chi connectivity index (χ2n) is 6.05. The molecule has 2 N–H and O–H groups in total. The first-order valence-corrected chi connectivity index (χ1v) is 7.06. The highest BCUT2D eigenvalue weighted by Crippen LogP contribution is 2.50. The Kier molecular flexibility index (Phi) is 3.29. The van der Waals surface area contributed by atoms with Crippen LogP contribution in [0.25, 0.3) is 0 Å². The standard InChI is InChI=1S/C15H19F3N2/c16-15(17,18)14(8-9-19-13(11-14)6-7-13)20-10-12-4-2-1-3-5-12/h1-5,19-20H,6-11H2. The molecular weight excluding hydrogens is 265 g/mol. The molecule has 1 aliphatic carbocycles. The van der Waals surface area contributed by atoms with Crippen LogP contribution < -0.4 is 10.6 Å². The number of benzene rings is 1. The van der Waals surface area contributed by atoms with Gasteiger partial charge < -0.3 is 5.32 Å². The fourth-order valence-electron chi connectivity index (χ4n) is 3.13. The molecule has 1 unspecified atom stereocenters. The Balaban J connectivity index is 1.76. The van der Waals surface area contributed by atoms with E-state index in [4.69, 9.17) is 0 Å². The Morgan fingerprint density at radius 1 is 1.10 bits per heavy atom. The van der Waals surface area contributed by atoms with Gasteiger partial charge in [-0.05, 0) is 37.8 Å². The van der Waals surface area contributed by atoms with Crippen molar-refractivity contribution in [1.29, 1.82) is 0 Å². The SMILES string of the molecule is FC(F)(F)C1(NCc2ccccc2)CCNC2(CC2)C1. The van der Waals surface area contributed by atoms with Gasteiger partial charge in [0, 0.05) is 12.1 Å². The highest BCUT2D eigenvalue weighted by molar-refractivity contribution is 5.18. The lowest BCUT2D eigenvalue weighted by molar-refractivity contribution is -0.208. The van der Waals surface area contributed by atoms with Crippen LogP contribution in [0.15, 0.2) is 30.3 Å². The van der Waals surface area contributed by atoms with Gasteiger partial charge in [0.15, 0.2) is 0 Å². The Morgan fingerprint density at radius 2 is 1.80 bits per heavy atom. The quantitative estimate of drug-likeness (QED) is 0.891. The number of halogens is 3. The van der Waals surface area contributed by atoms with Crippen LogP contribution in [0.3, 0.4) is 0 Å². The van der Waals surface area contributed by atoms with Gasteiger partial charge in [-0.2, -0.15) is 13.2 Å². The number of hydrogen-bond acceptors (Lipinski definition) is 2. The van der Waals surface area contributed by atoms with Crippen molar-refractivity contribution >= 4 is 0 Å². The molecule has 2 aliphatic rings. The number of rotatable bonds is 3. The van der Waals surface area contributed by atoms with E-state index in [1.165, 1.54) is 0 Å². The van der Waals surface area contributed by atoms with Gasteiger partial charge >= 0.3 is 6.18 Å². The summed E-state index contributed by atoms with van der Waals surface area (Å²) in [5.41, 5.74) is -1.12. The van der Waals surface area contributed by atoms with Crippen LogP contribution in [0.1, 0.15) is 31.2 Å². The van der Waals surface area contributed by atoms with Crippen LogP contribution in [0.5, 0.6) is 0 Å². The third-order valence-electron chi connectivity index (χ3n) is 4.56. The summed E-state index contributed by atoms with van der Waals surface area (Å²) in [5.74, 6) is 0. The first kappa shape index (κ1) is 13.9. The average Bonchev–Trinajstić information content (AvgIpc) is 3.15. The summed E-state index contributed by atoms with van der Waals surface area (Å²) >= 11 is 0. The number of piperidine rings is 1. The summed E-state index contributed by atoms with van der Waals surface area (Å²) in [5, 5.41) is 6.08. The van der Waals surface area contributed by atoms with Gasteiger partial charge in [-0.25, -0.2) is 0 Å². The van der Waals surface area contributed by atoms with Gasteiger partial charge in [0.25, 0.3) is 0 Å². The summed E-state index contributed by atoms with van der Waals surface area (Å²) in [6.45, 7) is 0.692. The zero-order valence-corrected chi connectivity index (χ0v) is 11.3. The van der Waals surface area contributed by atoms with E-state index in [1.54, 1.807) is 0 Å². The third kappa shape index (κ3) is 2.56. The van der Waals surface area contributed by atoms with Gasteiger partial charge in [-0.3, -0.25) is 5.32 Å². The predicted octanol–water partition coefficient (Wildman–Crippen LogP) is 2.99. The van der Waals surface area contributed by atoms with E-state index < -0.39 is 11.7 Å². The Morgan fingerprint density at radius 3 is 2.40 bits per heavy atom. The van der Waals surface area contributed by atoms with Gasteiger partial charge in [0.05, 0.1) is 0 Å². The molecule has 2 nitrogen and oxygen atoms in total. The summed E-state index contributed by atoms with van der Waals surface area (Å²) in [6, 6.07) is 9.27. The van der Waals surface area contributed by atoms with Crippen LogP contribution in [-0.2, 0) is 6.54 Å². The Labute approximate surface area is 116 Å². The molecule has 0 radical (unpaired) electrons. The highest BCUT2D eigenvalue weighted by atomic mass is 19.4. The molecule has 110 valence electrons. The van der Waals surface area contributed by atoms with E-state index in [-0.39, 0.29) is 24.9 Å². The lowest BCUT2D eigenvalue weighted by Crippen LogP contribution is -2.64. The number of hydrogen-bond donors (Lipinski definition) is 2. The topological polar surface area (TPSA) is 24.1 Å². The Bertz CT molecular complexity index is 468. The lowest BCUT2D eigenvalue weighted by atomic mass is 9.82. The first-order valence-electron chi connectivity index (χ1n) is 7.06. The van der Waals surface area contributed by atoms with Crippen LogP contribution in [0.2, 0.25) is 0 Å². The van der Waals surface area contributed by atoms with Gasteiger partial charge in [0.2, 0.25) is 0 Å². The Hall–Kier alpha value is -1.07. The third-order valence-corrected chi connectivity index (χ3v) is 4.56. The predicted molar refractivity (Wildman–Crippen MR) is 71.3 cm³/mol. The monoisotopic (exact) mass is 284 g/mol. The van der Waals surface area contributed by atoms with E-state index in [0.29, 0.717) is 6.54 Å². The zero-order chi connectivity index (χ0) is 14.3. The molecule has 1 spiro atoms. The van der Waals surface area contributed by atoms with E-state index in [2.05, 4.69) is 10.6 Å². The molecule has 1 saturated carbocycles. The first-order chi connectivity index (χ1) is 9.45. The minimum Gasteiger partial charge on any atom is -0.311 e. The molecule has 2 fully saturated rings. The zero-order valence-electron chi connectivity index (χ0n) is 11.3. The van der Waals surface area contributed by atoms with E-state index in [9.17, 15) is 13.2 Å². The molecular formula is C15H19F3N2. The molecule has 1 aromatic rings. The smallest absolute Gasteiger partial charge is 0.311 e. The fraction of sp³-hybridized carbons (Fsp3) is 0.600. The maximum absolute atomic E-state index is 13.6. The van der Waals surface area contributed by atoms with Crippen LogP contribution >= 0.6 is 0 Å². The van der Waals surface area contributed by atoms with E-state index in [0.717, 1.165) is 18.4 Å². The second-order valence-corrected chi connectivity index (χ2v) is 6.05. The molecule has 5 heteroatoms. The van der Waals surface area contributed by atoms with E-state index in [1.807, 2.05) is 30.3 Å². The average molecular weight is 284 g/mol. The number of alkyl halides is 3. The van der Waals surface area contributed by atoms with Crippen LogP contribution in [0, 0.1) is 0 Å². The molecule has 0 aromatic heterocycles. The van der Waals surface area contributed by atoms with Crippen molar-refractivity contribution < 1.29 is 13.2 Å². The minimum atomic E-state index is -4.21. The van der Waals surface area contributed by atoms with Crippen molar-refractivity contribution in [1.82, 2.24) is 10.6 Å². The molecule has 1 aromatic carbocycles. The van der Waals surface area contributed by atoms with Gasteiger partial charge in [-0.1, -0.05) is 30.3 Å². The summed E-state index contributed by atoms with van der Waals surface area (Å²) in [4.78, 5) is 0. The summed E-state index contributed by atoms with van der Waals surface area (Å²) in [6.07, 6.45) is -2.24. The van der Waals surface area contributed by atoms with Crippen molar-refractivity contribution in [3.63, 3.8) is 0 Å². The highest BCUT2D eigenvalue weighted by Gasteiger charge is 2.62. The second kappa shape index (κ2) is 4.74. The largest absolute Gasteiger partial charge is 0.406 e. The van der Waals surface area contributed by atoms with Crippen LogP contribution in [-0.4, -0.2) is 23.8 Å². The molecule has 0 bridgehead atoms. The normalized spacial score (nSPS) is 28.6. The molecule has 1 saturated heterocycles. The van der Waals surface area contributed by atoms with Crippen LogP contribution in [0.4, 0.5) is 13.2 Å². The fourth-order valence-corrected chi connectivity index (χ4v) is 3.13. The molecule has 1 atom stereocenters. The van der Waals surface area contributed by atoms with Gasteiger partial charge in [0.1, 0.15) is 5.54 Å². The van der Waals surface area contributed by atoms with Crippen molar-refractivity contribution in [3.05, 3.63) is 35.9 Å². The van der Waals surface area contributed by atoms with Crippen molar-refractivity contribution in [2.75, 3.05) is 6.54 Å². The molecule has 1 heterocycles. The minimum absolute atomic E-state index is 0.102. The van der Waals surface area contributed by atoms with Gasteiger partial charge in [-0.15, -0.1) is 0 Å². The van der Waals surface area contributed by atoms with Crippen molar-refractivity contribution in [2.45, 2.75) is 49.5 Å². The molecule has 20 heavy (non-hydrogen) atoms. The summed E-state index contributed by atoms with van der Waals surface area (Å²) < 4.78 is 40.7. The van der Waals surface area contributed by atoms with Crippen molar-refractivity contribution in [2.24, 2.45) is 0 Å². The lowest BCUT2D eigenvalue weighted by Gasteiger charge is -2.44. The molecule has 1 aliphatic heterocycles. The number of nitrogens with one attached hydrogen (secondary N) is 2. The molecule has 3 rings (SSSR count). The van der Waals surface area contributed by atoms with Crippen molar-refractivity contribution in [3.8, 4) is 0 Å². The maximum Gasteiger partial charge on any atom is 0.406 e.